The Kier molecular flexibility index (Phi) is 3.46. The molecule has 0 spiro atoms. The van der Waals surface area contributed by atoms with E-state index in [1.165, 1.54) is 5.69 Å². The predicted molar refractivity (Wildman–Crippen MR) is 72.0 cm³/mol. The van der Waals surface area contributed by atoms with Gasteiger partial charge in [-0.05, 0) is 25.6 Å². The van der Waals surface area contributed by atoms with Crippen LogP contribution >= 0.6 is 12.2 Å². The maximum absolute atomic E-state index is 5.48. The molecule has 0 bridgehead atoms. The molecule has 3 nitrogen and oxygen atoms in total. The van der Waals surface area contributed by atoms with E-state index in [2.05, 4.69) is 43.4 Å². The zero-order valence-electron chi connectivity index (χ0n) is 11.1. The molecule has 96 valence electrons. The van der Waals surface area contributed by atoms with Crippen LogP contribution in [0.1, 0.15) is 45.9 Å². The zero-order chi connectivity index (χ0) is 12.6. The average Bonchev–Trinajstić information content (AvgIpc) is 2.83. The molecule has 2 rings (SSSR count). The number of nitrogens with zero attached hydrogens (tertiary/aromatic N) is 1. The first-order valence-electron chi connectivity index (χ1n) is 6.29. The Hall–Kier alpha value is -0.610. The van der Waals surface area contributed by atoms with Gasteiger partial charge >= 0.3 is 0 Å². The Labute approximate surface area is 108 Å². The Bertz CT molecular complexity index is 435. The van der Waals surface area contributed by atoms with Crippen molar-refractivity contribution < 1.29 is 4.74 Å². The summed E-state index contributed by atoms with van der Waals surface area (Å²) in [6, 6.07) is 0.408. The summed E-state index contributed by atoms with van der Waals surface area (Å²) in [5.74, 6) is 0.582. The lowest BCUT2D eigenvalue weighted by molar-refractivity contribution is 0.174. The number of hydrogen-bond acceptors (Lipinski definition) is 2. The summed E-state index contributed by atoms with van der Waals surface area (Å²) in [4.78, 5) is 3.19. The molecular weight excluding hydrogens is 232 g/mol. The highest BCUT2D eigenvalue weighted by atomic mass is 32.1. The molecule has 2 atom stereocenters. The summed E-state index contributed by atoms with van der Waals surface area (Å²) in [5.41, 5.74) is 1.39. The lowest BCUT2D eigenvalue weighted by atomic mass is 9.91. The van der Waals surface area contributed by atoms with Crippen LogP contribution in [0.25, 0.3) is 0 Å². The molecule has 1 aliphatic heterocycles. The maximum atomic E-state index is 5.48. The minimum absolute atomic E-state index is 0.112. The molecular formula is C13H22N2OS. The number of aromatic amines is 1. The van der Waals surface area contributed by atoms with Crippen LogP contribution in [0.15, 0.2) is 6.20 Å². The zero-order valence-corrected chi connectivity index (χ0v) is 11.9. The summed E-state index contributed by atoms with van der Waals surface area (Å²) < 4.78 is 8.58. The number of ether oxygens (including phenoxy) is 1. The number of nitrogens with one attached hydrogen (secondary N) is 1. The molecule has 0 aromatic carbocycles. The molecule has 0 radical (unpaired) electrons. The van der Waals surface area contributed by atoms with Crippen LogP contribution in [0, 0.1) is 10.7 Å². The lowest BCUT2D eigenvalue weighted by Crippen LogP contribution is -2.24. The Balaban J connectivity index is 2.36. The first-order chi connectivity index (χ1) is 7.91. The first-order valence-corrected chi connectivity index (χ1v) is 6.70. The summed E-state index contributed by atoms with van der Waals surface area (Å²) in [6.07, 6.45) is 3.19. The third-order valence-corrected chi connectivity index (χ3v) is 3.95. The van der Waals surface area contributed by atoms with Gasteiger partial charge in [0, 0.05) is 35.9 Å². The van der Waals surface area contributed by atoms with Gasteiger partial charge in [0.15, 0.2) is 4.77 Å². The largest absolute Gasteiger partial charge is 0.381 e. The van der Waals surface area contributed by atoms with Crippen molar-refractivity contribution in [1.29, 1.82) is 0 Å². The fourth-order valence-corrected chi connectivity index (χ4v) is 2.83. The van der Waals surface area contributed by atoms with Gasteiger partial charge in [-0.25, -0.2) is 0 Å². The van der Waals surface area contributed by atoms with E-state index in [1.807, 2.05) is 0 Å². The number of aromatic nitrogens is 2. The molecule has 1 saturated heterocycles. The fourth-order valence-electron chi connectivity index (χ4n) is 2.50. The van der Waals surface area contributed by atoms with Gasteiger partial charge < -0.3 is 14.3 Å². The third kappa shape index (κ3) is 2.47. The summed E-state index contributed by atoms with van der Waals surface area (Å²) in [6.45, 7) is 10.7. The highest BCUT2D eigenvalue weighted by molar-refractivity contribution is 7.71. The van der Waals surface area contributed by atoms with Crippen LogP contribution in [-0.2, 0) is 10.2 Å². The highest BCUT2D eigenvalue weighted by Gasteiger charge is 2.28. The number of rotatable bonds is 2. The molecule has 1 aromatic rings. The molecule has 17 heavy (non-hydrogen) atoms. The van der Waals surface area contributed by atoms with Crippen LogP contribution in [0.5, 0.6) is 0 Å². The molecule has 0 amide bonds. The molecule has 1 aliphatic rings. The molecule has 1 fully saturated rings. The van der Waals surface area contributed by atoms with E-state index in [1.54, 1.807) is 0 Å². The van der Waals surface area contributed by atoms with Crippen LogP contribution < -0.4 is 0 Å². The molecule has 0 saturated carbocycles. The van der Waals surface area contributed by atoms with Gasteiger partial charge in [-0.15, -0.1) is 0 Å². The van der Waals surface area contributed by atoms with Gasteiger partial charge in [0.05, 0.1) is 6.61 Å². The van der Waals surface area contributed by atoms with Gasteiger partial charge in [-0.3, -0.25) is 0 Å². The number of imidazole rings is 1. The van der Waals surface area contributed by atoms with Crippen LogP contribution in [0.4, 0.5) is 0 Å². The third-order valence-electron chi connectivity index (χ3n) is 3.63. The Morgan fingerprint density at radius 3 is 2.76 bits per heavy atom. The number of hydrogen-bond donors (Lipinski definition) is 1. The van der Waals surface area contributed by atoms with Gasteiger partial charge in [-0.1, -0.05) is 20.8 Å². The van der Waals surface area contributed by atoms with Crippen LogP contribution in [0.3, 0.4) is 0 Å². The summed E-state index contributed by atoms with van der Waals surface area (Å²) in [7, 11) is 0. The standard InChI is InChI=1S/C13H22N2OS/c1-9(10-5-6-16-8-10)15-11(13(2,3)4)7-14-12(15)17/h7,9-10H,5-6,8H2,1-4H3,(H,14,17). The lowest BCUT2D eigenvalue weighted by Gasteiger charge is -2.27. The molecule has 1 aromatic heterocycles. The van der Waals surface area contributed by atoms with Crippen molar-refractivity contribution in [2.24, 2.45) is 5.92 Å². The second-order valence-corrected chi connectivity index (χ2v) is 6.35. The second-order valence-electron chi connectivity index (χ2n) is 5.96. The van der Waals surface area contributed by atoms with Crippen LogP contribution in [-0.4, -0.2) is 22.8 Å². The van der Waals surface area contributed by atoms with Gasteiger partial charge in [0.1, 0.15) is 0 Å². The van der Waals surface area contributed by atoms with Crippen molar-refractivity contribution in [3.63, 3.8) is 0 Å². The normalized spacial score (nSPS) is 22.9. The molecule has 1 N–H and O–H groups in total. The minimum Gasteiger partial charge on any atom is -0.381 e. The van der Waals surface area contributed by atoms with Gasteiger partial charge in [0.2, 0.25) is 0 Å². The average molecular weight is 254 g/mol. The molecule has 2 heterocycles. The monoisotopic (exact) mass is 254 g/mol. The highest BCUT2D eigenvalue weighted by Crippen LogP contribution is 2.31. The topological polar surface area (TPSA) is 29.9 Å². The van der Waals surface area contributed by atoms with Gasteiger partial charge in [0.25, 0.3) is 0 Å². The van der Waals surface area contributed by atoms with Gasteiger partial charge in [-0.2, -0.15) is 0 Å². The van der Waals surface area contributed by atoms with Crippen molar-refractivity contribution >= 4 is 12.2 Å². The Morgan fingerprint density at radius 1 is 1.53 bits per heavy atom. The van der Waals surface area contributed by atoms with E-state index in [4.69, 9.17) is 17.0 Å². The minimum atomic E-state index is 0.112. The summed E-state index contributed by atoms with van der Waals surface area (Å²) in [5, 5.41) is 0. The van der Waals surface area contributed by atoms with E-state index in [-0.39, 0.29) is 5.41 Å². The quantitative estimate of drug-likeness (QED) is 0.819. The molecule has 2 unspecified atom stereocenters. The second kappa shape index (κ2) is 4.58. The van der Waals surface area contributed by atoms with E-state index in [0.717, 1.165) is 24.4 Å². The smallest absolute Gasteiger partial charge is 0.177 e. The van der Waals surface area contributed by atoms with Crippen LogP contribution in [0.2, 0.25) is 0 Å². The molecule has 0 aliphatic carbocycles. The van der Waals surface area contributed by atoms with Crippen molar-refractivity contribution in [1.82, 2.24) is 9.55 Å². The first kappa shape index (κ1) is 12.8. The van der Waals surface area contributed by atoms with Crippen molar-refractivity contribution in [3.8, 4) is 0 Å². The summed E-state index contributed by atoms with van der Waals surface area (Å²) >= 11 is 5.42. The van der Waals surface area contributed by atoms with E-state index < -0.39 is 0 Å². The van der Waals surface area contributed by atoms with E-state index >= 15 is 0 Å². The fraction of sp³-hybridized carbons (Fsp3) is 0.769. The SMILES string of the molecule is CC(C1CCOC1)n1c(C(C)(C)C)c[nH]c1=S. The van der Waals surface area contributed by atoms with Crippen molar-refractivity contribution in [2.45, 2.75) is 45.6 Å². The van der Waals surface area contributed by atoms with Crippen molar-refractivity contribution in [2.75, 3.05) is 13.2 Å². The Morgan fingerprint density at radius 2 is 2.24 bits per heavy atom. The predicted octanol–water partition coefficient (Wildman–Crippen LogP) is 3.44. The van der Waals surface area contributed by atoms with E-state index in [9.17, 15) is 0 Å². The number of H-pyrrole nitrogens is 1. The molecule has 4 heteroatoms. The van der Waals surface area contributed by atoms with Crippen molar-refractivity contribution in [3.05, 3.63) is 16.7 Å². The maximum Gasteiger partial charge on any atom is 0.177 e. The van der Waals surface area contributed by atoms with E-state index in [0.29, 0.717) is 12.0 Å².